The van der Waals surface area contributed by atoms with Gasteiger partial charge in [0.1, 0.15) is 5.82 Å². The average Bonchev–Trinajstić information content (AvgIpc) is 2.42. The fraction of sp³-hybridized carbons (Fsp3) is 0.143. The highest BCUT2D eigenvalue weighted by molar-refractivity contribution is 9.10. The van der Waals surface area contributed by atoms with E-state index in [1.54, 1.807) is 6.07 Å². The molecular weight excluding hydrogens is 413 g/mol. The van der Waals surface area contributed by atoms with Crippen molar-refractivity contribution in [3.63, 3.8) is 0 Å². The lowest BCUT2D eigenvalue weighted by molar-refractivity contribution is 0.491. The van der Waals surface area contributed by atoms with E-state index in [-0.39, 0.29) is 10.3 Å². The summed E-state index contributed by atoms with van der Waals surface area (Å²) in [6.45, 7) is 0. The smallest absolute Gasteiger partial charge is 0.173 e. The normalized spacial score (nSPS) is 12.5. The Bertz CT molecular complexity index is 645. The molecule has 2 nitrogen and oxygen atoms in total. The maximum atomic E-state index is 13.6. The monoisotopic (exact) mass is 422 g/mol. The molecule has 2 aromatic carbocycles. The highest BCUT2D eigenvalue weighted by Gasteiger charge is 2.19. The fourth-order valence-corrected chi connectivity index (χ4v) is 3.14. The first-order chi connectivity index (χ1) is 9.92. The molecule has 21 heavy (non-hydrogen) atoms. The molecule has 0 aliphatic rings. The van der Waals surface area contributed by atoms with E-state index in [4.69, 9.17) is 5.84 Å². The molecule has 0 saturated carbocycles. The molecule has 0 saturated heterocycles. The summed E-state index contributed by atoms with van der Waals surface area (Å²) in [7, 11) is 0. The van der Waals surface area contributed by atoms with Gasteiger partial charge in [0, 0.05) is 4.47 Å². The molecule has 0 aliphatic carbocycles. The molecule has 0 fully saturated rings. The zero-order valence-electron chi connectivity index (χ0n) is 10.6. The first kappa shape index (κ1) is 16.5. The number of hydrogen-bond acceptors (Lipinski definition) is 2. The molecule has 0 aromatic heterocycles. The quantitative estimate of drug-likeness (QED) is 0.435. The maximum absolute atomic E-state index is 13.6. The van der Waals surface area contributed by atoms with Crippen molar-refractivity contribution >= 4 is 31.9 Å². The minimum atomic E-state index is -0.979. The maximum Gasteiger partial charge on any atom is 0.173 e. The molecule has 2 rings (SSSR count). The van der Waals surface area contributed by atoms with Gasteiger partial charge in [-0.3, -0.25) is 11.3 Å². The van der Waals surface area contributed by atoms with Crippen LogP contribution >= 0.6 is 31.9 Å². The van der Waals surface area contributed by atoms with Crippen molar-refractivity contribution in [3.8, 4) is 0 Å². The van der Waals surface area contributed by atoms with E-state index in [0.29, 0.717) is 22.0 Å². The van der Waals surface area contributed by atoms with Crippen LogP contribution in [-0.4, -0.2) is 0 Å². The molecule has 0 amide bonds. The SMILES string of the molecule is NNC(Cc1cc(F)cc(Br)c1)c1ccc(F)c(F)c1Br. The highest BCUT2D eigenvalue weighted by Crippen LogP contribution is 2.30. The van der Waals surface area contributed by atoms with Crippen LogP contribution in [0.25, 0.3) is 0 Å². The van der Waals surface area contributed by atoms with Crippen molar-refractivity contribution in [1.29, 1.82) is 0 Å². The predicted octanol–water partition coefficient (Wildman–Crippen LogP) is 4.38. The van der Waals surface area contributed by atoms with Gasteiger partial charge >= 0.3 is 0 Å². The molecule has 1 unspecified atom stereocenters. The topological polar surface area (TPSA) is 38.0 Å². The van der Waals surface area contributed by atoms with Gasteiger partial charge in [0.15, 0.2) is 11.6 Å². The third-order valence-corrected chi connectivity index (χ3v) is 4.27. The summed E-state index contributed by atoms with van der Waals surface area (Å²) in [4.78, 5) is 0. The van der Waals surface area contributed by atoms with Crippen LogP contribution in [0.1, 0.15) is 17.2 Å². The van der Waals surface area contributed by atoms with E-state index in [0.717, 1.165) is 6.07 Å². The molecule has 0 spiro atoms. The van der Waals surface area contributed by atoms with Crippen molar-refractivity contribution in [2.45, 2.75) is 12.5 Å². The number of halogens is 5. The summed E-state index contributed by atoms with van der Waals surface area (Å²) in [5, 5.41) is 0. The number of nitrogens with two attached hydrogens (primary N) is 1. The molecule has 3 N–H and O–H groups in total. The Morgan fingerprint density at radius 3 is 2.43 bits per heavy atom. The van der Waals surface area contributed by atoms with Gasteiger partial charge in [0.25, 0.3) is 0 Å². The van der Waals surface area contributed by atoms with Crippen molar-refractivity contribution in [2.75, 3.05) is 0 Å². The van der Waals surface area contributed by atoms with Crippen LogP contribution in [0.2, 0.25) is 0 Å². The van der Waals surface area contributed by atoms with E-state index in [9.17, 15) is 13.2 Å². The van der Waals surface area contributed by atoms with Gasteiger partial charge in [0.05, 0.1) is 10.5 Å². The molecule has 2 aromatic rings. The highest BCUT2D eigenvalue weighted by atomic mass is 79.9. The summed E-state index contributed by atoms with van der Waals surface area (Å²) in [5.41, 5.74) is 3.66. The summed E-state index contributed by atoms with van der Waals surface area (Å²) >= 11 is 6.23. The molecule has 0 bridgehead atoms. The molecular formula is C14H11Br2F3N2. The Hall–Kier alpha value is -0.890. The second-order valence-electron chi connectivity index (χ2n) is 4.47. The van der Waals surface area contributed by atoms with E-state index >= 15 is 0 Å². The molecule has 112 valence electrons. The summed E-state index contributed by atoms with van der Waals surface area (Å²) in [5.74, 6) is 3.18. The summed E-state index contributed by atoms with van der Waals surface area (Å²) in [6, 6.07) is 6.40. The zero-order valence-corrected chi connectivity index (χ0v) is 13.8. The van der Waals surface area contributed by atoms with Crippen LogP contribution in [0, 0.1) is 17.5 Å². The van der Waals surface area contributed by atoms with E-state index < -0.39 is 17.7 Å². The fourth-order valence-electron chi connectivity index (χ4n) is 2.03. The average molecular weight is 424 g/mol. The minimum absolute atomic E-state index is 0.000851. The predicted molar refractivity (Wildman–Crippen MR) is 81.9 cm³/mol. The third kappa shape index (κ3) is 3.85. The number of rotatable bonds is 4. The Balaban J connectivity index is 2.34. The zero-order chi connectivity index (χ0) is 15.6. The molecule has 7 heteroatoms. The van der Waals surface area contributed by atoms with Gasteiger partial charge in [-0.05, 0) is 57.7 Å². The van der Waals surface area contributed by atoms with E-state index in [1.165, 1.54) is 18.2 Å². The van der Waals surface area contributed by atoms with Crippen molar-refractivity contribution in [1.82, 2.24) is 5.43 Å². The van der Waals surface area contributed by atoms with Gasteiger partial charge in [-0.1, -0.05) is 22.0 Å². The third-order valence-electron chi connectivity index (χ3n) is 3.00. The number of nitrogens with one attached hydrogen (secondary N) is 1. The van der Waals surface area contributed by atoms with E-state index in [2.05, 4.69) is 37.3 Å². The van der Waals surface area contributed by atoms with Crippen LogP contribution in [0.3, 0.4) is 0 Å². The van der Waals surface area contributed by atoms with Gasteiger partial charge in [-0.15, -0.1) is 0 Å². The lowest BCUT2D eigenvalue weighted by atomic mass is 9.99. The van der Waals surface area contributed by atoms with Crippen LogP contribution < -0.4 is 11.3 Å². The van der Waals surface area contributed by atoms with Crippen LogP contribution in [0.5, 0.6) is 0 Å². The lowest BCUT2D eigenvalue weighted by Crippen LogP contribution is -2.30. The second-order valence-corrected chi connectivity index (χ2v) is 6.17. The van der Waals surface area contributed by atoms with E-state index in [1.807, 2.05) is 0 Å². The molecule has 0 heterocycles. The Morgan fingerprint density at radius 2 is 1.81 bits per heavy atom. The minimum Gasteiger partial charge on any atom is -0.271 e. The van der Waals surface area contributed by atoms with Crippen molar-refractivity contribution in [3.05, 3.63) is 67.9 Å². The molecule has 0 radical (unpaired) electrons. The molecule has 1 atom stereocenters. The Morgan fingerprint density at radius 1 is 1.10 bits per heavy atom. The summed E-state index contributed by atoms with van der Waals surface area (Å²) in [6.07, 6.45) is 0.316. The van der Waals surface area contributed by atoms with Gasteiger partial charge < -0.3 is 0 Å². The largest absolute Gasteiger partial charge is 0.271 e. The number of hydrazine groups is 1. The standard InChI is InChI=1S/C14H11Br2F3N2/c15-8-3-7(4-9(17)6-8)5-12(21-20)10-1-2-11(18)14(19)13(10)16/h1-4,6,12,21H,5,20H2. The molecule has 0 aliphatic heterocycles. The first-order valence-electron chi connectivity index (χ1n) is 5.97. The van der Waals surface area contributed by atoms with Crippen LogP contribution in [0.4, 0.5) is 13.2 Å². The summed E-state index contributed by atoms with van der Waals surface area (Å²) < 4.78 is 40.7. The van der Waals surface area contributed by atoms with Gasteiger partial charge in [-0.2, -0.15) is 0 Å². The van der Waals surface area contributed by atoms with Crippen molar-refractivity contribution in [2.24, 2.45) is 5.84 Å². The van der Waals surface area contributed by atoms with Crippen LogP contribution in [-0.2, 0) is 6.42 Å². The van der Waals surface area contributed by atoms with Crippen LogP contribution in [0.15, 0.2) is 39.3 Å². The second kappa shape index (κ2) is 6.91. The first-order valence-corrected chi connectivity index (χ1v) is 7.55. The number of hydrogen-bond donors (Lipinski definition) is 2. The number of benzene rings is 2. The van der Waals surface area contributed by atoms with Gasteiger partial charge in [-0.25, -0.2) is 13.2 Å². The van der Waals surface area contributed by atoms with Crippen molar-refractivity contribution < 1.29 is 13.2 Å². The Kier molecular flexibility index (Phi) is 5.43. The Labute approximate surface area is 136 Å². The van der Waals surface area contributed by atoms with Gasteiger partial charge in [0.2, 0.25) is 0 Å². The lowest BCUT2D eigenvalue weighted by Gasteiger charge is -2.18.